The molecule has 2 rings (SSSR count). The van der Waals surface area contributed by atoms with Crippen molar-refractivity contribution >= 4 is 29.1 Å². The van der Waals surface area contributed by atoms with Crippen LogP contribution in [-0.4, -0.2) is 35.7 Å². The molecule has 1 aliphatic rings. The van der Waals surface area contributed by atoms with E-state index >= 15 is 0 Å². The smallest absolute Gasteiger partial charge is 0.323 e. The Morgan fingerprint density at radius 2 is 1.61 bits per heavy atom. The Balaban J connectivity index is 2.22. The van der Waals surface area contributed by atoms with Crippen molar-refractivity contribution in [2.45, 2.75) is 27.2 Å². The third-order valence-electron chi connectivity index (χ3n) is 4.01. The van der Waals surface area contributed by atoms with Crippen molar-refractivity contribution in [3.63, 3.8) is 0 Å². The topological polar surface area (TPSA) is 83.7 Å². The monoisotopic (exact) mass is 317 g/mol. The number of anilines is 2. The lowest BCUT2D eigenvalue weighted by atomic mass is 9.92. The Bertz CT molecular complexity index is 602. The second-order valence-electron chi connectivity index (χ2n) is 6.41. The van der Waals surface area contributed by atoms with Gasteiger partial charge in [0, 0.05) is 25.7 Å². The Morgan fingerprint density at radius 3 is 2.09 bits per heavy atom. The van der Waals surface area contributed by atoms with E-state index in [4.69, 9.17) is 5.73 Å². The van der Waals surface area contributed by atoms with Crippen molar-refractivity contribution in [3.05, 3.63) is 24.3 Å². The second-order valence-corrected chi connectivity index (χ2v) is 6.41. The summed E-state index contributed by atoms with van der Waals surface area (Å²) in [6.07, 6.45) is 1.03. The highest BCUT2D eigenvalue weighted by Crippen LogP contribution is 2.22. The third kappa shape index (κ3) is 3.88. The predicted molar refractivity (Wildman–Crippen MR) is 88.5 cm³/mol. The van der Waals surface area contributed by atoms with Gasteiger partial charge in [0.25, 0.3) is 0 Å². The highest BCUT2D eigenvalue weighted by molar-refractivity contribution is 6.45. The van der Waals surface area contributed by atoms with E-state index in [-0.39, 0.29) is 0 Å². The third-order valence-corrected chi connectivity index (χ3v) is 4.01. The molecule has 0 bridgehead atoms. The molecule has 0 aromatic heterocycles. The summed E-state index contributed by atoms with van der Waals surface area (Å²) in [5, 5.41) is 0. The van der Waals surface area contributed by atoms with Crippen LogP contribution in [0.1, 0.15) is 27.2 Å². The number of nitrogen functional groups attached to an aromatic ring is 1. The molecule has 0 aliphatic carbocycles. The van der Waals surface area contributed by atoms with E-state index in [9.17, 15) is 14.4 Å². The minimum absolute atomic E-state index is 0.345. The average molecular weight is 317 g/mol. The number of hydrogen-bond acceptors (Lipinski definition) is 4. The Kier molecular flexibility index (Phi) is 5.03. The average Bonchev–Trinajstić information content (AvgIpc) is 2.47. The molecule has 1 aromatic carbocycles. The van der Waals surface area contributed by atoms with Crippen LogP contribution >= 0.6 is 0 Å². The first-order valence-electron chi connectivity index (χ1n) is 7.79. The van der Waals surface area contributed by atoms with Gasteiger partial charge in [-0.2, -0.15) is 0 Å². The fourth-order valence-electron chi connectivity index (χ4n) is 3.13. The predicted octanol–water partition coefficient (Wildman–Crippen LogP) is 1.65. The lowest BCUT2D eigenvalue weighted by molar-refractivity contribution is -0.147. The molecule has 0 saturated carbocycles. The van der Waals surface area contributed by atoms with Crippen LogP contribution in [-0.2, 0) is 14.4 Å². The Labute approximate surface area is 136 Å². The van der Waals surface area contributed by atoms with Crippen LogP contribution in [0.25, 0.3) is 0 Å². The second kappa shape index (κ2) is 6.81. The summed E-state index contributed by atoms with van der Waals surface area (Å²) >= 11 is 0. The number of amides is 3. The summed E-state index contributed by atoms with van der Waals surface area (Å²) in [7, 11) is 0. The first-order chi connectivity index (χ1) is 10.8. The summed E-state index contributed by atoms with van der Waals surface area (Å²) in [4.78, 5) is 39.4. The van der Waals surface area contributed by atoms with Crippen molar-refractivity contribution in [2.75, 3.05) is 23.7 Å². The molecular formula is C17H23N3O3. The standard InChI is InChI=1S/C17H23N3O3/c1-11-8-12(2)10-19(9-11)16(22)17(23)20(13(3)21)15-6-4-14(18)5-7-15/h4-7,11-12H,8-10,18H2,1-3H3. The molecule has 2 unspecified atom stereocenters. The zero-order chi connectivity index (χ0) is 17.1. The number of nitrogens with zero attached hydrogens (tertiary/aromatic N) is 2. The Morgan fingerprint density at radius 1 is 1.09 bits per heavy atom. The number of benzene rings is 1. The molecule has 1 aromatic rings. The fraction of sp³-hybridized carbons (Fsp3) is 0.471. The lowest BCUT2D eigenvalue weighted by Gasteiger charge is -2.35. The molecule has 6 nitrogen and oxygen atoms in total. The summed E-state index contributed by atoms with van der Waals surface area (Å²) in [6, 6.07) is 6.30. The zero-order valence-corrected chi connectivity index (χ0v) is 13.8. The molecule has 1 heterocycles. The molecule has 2 N–H and O–H groups in total. The maximum atomic E-state index is 12.6. The van der Waals surface area contributed by atoms with Gasteiger partial charge in [0.05, 0.1) is 5.69 Å². The molecule has 23 heavy (non-hydrogen) atoms. The molecule has 0 spiro atoms. The Hall–Kier alpha value is -2.37. The molecule has 1 saturated heterocycles. The number of hydrogen-bond donors (Lipinski definition) is 1. The number of piperidine rings is 1. The van der Waals surface area contributed by atoms with Crippen molar-refractivity contribution < 1.29 is 14.4 Å². The van der Waals surface area contributed by atoms with Gasteiger partial charge in [-0.05, 0) is 42.5 Å². The van der Waals surface area contributed by atoms with Crippen LogP contribution in [0.5, 0.6) is 0 Å². The van der Waals surface area contributed by atoms with Crippen molar-refractivity contribution in [2.24, 2.45) is 11.8 Å². The van der Waals surface area contributed by atoms with Gasteiger partial charge in [-0.3, -0.25) is 14.4 Å². The maximum absolute atomic E-state index is 12.6. The van der Waals surface area contributed by atoms with E-state index in [0.717, 1.165) is 11.3 Å². The number of nitrogens with two attached hydrogens (primary N) is 1. The molecule has 1 fully saturated rings. The minimum atomic E-state index is -0.816. The maximum Gasteiger partial charge on any atom is 0.323 e. The minimum Gasteiger partial charge on any atom is -0.399 e. The summed E-state index contributed by atoms with van der Waals surface area (Å²) < 4.78 is 0. The van der Waals surface area contributed by atoms with Gasteiger partial charge in [-0.15, -0.1) is 0 Å². The largest absolute Gasteiger partial charge is 0.399 e. The van der Waals surface area contributed by atoms with Crippen molar-refractivity contribution in [3.8, 4) is 0 Å². The van der Waals surface area contributed by atoms with Crippen molar-refractivity contribution in [1.29, 1.82) is 0 Å². The van der Waals surface area contributed by atoms with E-state index in [1.54, 1.807) is 29.2 Å². The van der Waals surface area contributed by atoms with E-state index in [2.05, 4.69) is 13.8 Å². The molecular weight excluding hydrogens is 294 g/mol. The first kappa shape index (κ1) is 17.0. The van der Waals surface area contributed by atoms with Gasteiger partial charge >= 0.3 is 11.8 Å². The molecule has 2 atom stereocenters. The normalized spacial score (nSPS) is 20.9. The van der Waals surface area contributed by atoms with Gasteiger partial charge < -0.3 is 10.6 Å². The quantitative estimate of drug-likeness (QED) is 0.630. The van der Waals surface area contributed by atoms with Gasteiger partial charge in [0.15, 0.2) is 0 Å². The number of rotatable bonds is 1. The molecule has 0 radical (unpaired) electrons. The molecule has 3 amide bonds. The van der Waals surface area contributed by atoms with Gasteiger partial charge in [0.2, 0.25) is 5.91 Å². The van der Waals surface area contributed by atoms with Crippen LogP contribution in [0.2, 0.25) is 0 Å². The molecule has 6 heteroatoms. The number of carbonyl (C=O) groups excluding carboxylic acids is 3. The number of imide groups is 1. The van der Waals surface area contributed by atoms with Gasteiger partial charge in [0.1, 0.15) is 0 Å². The highest BCUT2D eigenvalue weighted by atomic mass is 16.2. The van der Waals surface area contributed by atoms with Crippen molar-refractivity contribution in [1.82, 2.24) is 4.90 Å². The number of carbonyl (C=O) groups is 3. The van der Waals surface area contributed by atoms with E-state index in [0.29, 0.717) is 36.3 Å². The molecule has 124 valence electrons. The van der Waals surface area contributed by atoms with Crippen LogP contribution in [0.15, 0.2) is 24.3 Å². The fourth-order valence-corrected chi connectivity index (χ4v) is 3.13. The van der Waals surface area contributed by atoms with E-state index in [1.165, 1.54) is 6.92 Å². The SMILES string of the molecule is CC(=O)N(C(=O)C(=O)N1CC(C)CC(C)C1)c1ccc(N)cc1. The zero-order valence-electron chi connectivity index (χ0n) is 13.8. The van der Waals surface area contributed by atoms with Crippen LogP contribution in [0.3, 0.4) is 0 Å². The summed E-state index contributed by atoms with van der Waals surface area (Å²) in [5.74, 6) is -1.25. The van der Waals surface area contributed by atoms with Crippen LogP contribution < -0.4 is 10.6 Å². The summed E-state index contributed by atoms with van der Waals surface area (Å²) in [5.41, 5.74) is 6.50. The lowest BCUT2D eigenvalue weighted by Crippen LogP contribution is -2.51. The van der Waals surface area contributed by atoms with Crippen LogP contribution in [0.4, 0.5) is 11.4 Å². The van der Waals surface area contributed by atoms with Gasteiger partial charge in [-0.1, -0.05) is 13.8 Å². The van der Waals surface area contributed by atoms with Gasteiger partial charge in [-0.25, -0.2) is 4.90 Å². The van der Waals surface area contributed by atoms with E-state index < -0.39 is 17.7 Å². The first-order valence-corrected chi connectivity index (χ1v) is 7.79. The number of likely N-dealkylation sites (tertiary alicyclic amines) is 1. The van der Waals surface area contributed by atoms with E-state index in [1.807, 2.05) is 0 Å². The highest BCUT2D eigenvalue weighted by Gasteiger charge is 2.34. The summed E-state index contributed by atoms with van der Waals surface area (Å²) in [6.45, 7) is 6.47. The molecule has 1 aliphatic heterocycles. The van der Waals surface area contributed by atoms with Crippen LogP contribution in [0, 0.1) is 11.8 Å².